The number of ether oxygens (including phenoxy) is 1. The van der Waals surface area contributed by atoms with Crippen molar-refractivity contribution in [2.24, 2.45) is 11.3 Å². The van der Waals surface area contributed by atoms with E-state index in [9.17, 15) is 9.59 Å². The highest BCUT2D eigenvalue weighted by atomic mass is 16.6. The van der Waals surface area contributed by atoms with Gasteiger partial charge in [-0.25, -0.2) is 4.79 Å². The number of Topliss-reactive ketones (excluding diaryl/α,β-unsaturated/α-hetero) is 1. The molecule has 1 saturated carbocycles. The molecule has 1 aromatic rings. The van der Waals surface area contributed by atoms with Crippen molar-refractivity contribution in [1.29, 1.82) is 0 Å². The van der Waals surface area contributed by atoms with Crippen molar-refractivity contribution >= 4 is 11.9 Å². The van der Waals surface area contributed by atoms with Gasteiger partial charge in [-0.3, -0.25) is 9.78 Å². The summed E-state index contributed by atoms with van der Waals surface area (Å²) in [7, 11) is 0. The van der Waals surface area contributed by atoms with E-state index >= 15 is 0 Å². The SMILES string of the molecule is CC(C)(C)OC(=O)N1CC2(CC(C(=O)c3cccnc3)C2)C1. The molecule has 0 atom stereocenters. The zero-order chi connectivity index (χ0) is 16.0. The van der Waals surface area contributed by atoms with E-state index < -0.39 is 5.60 Å². The smallest absolute Gasteiger partial charge is 0.410 e. The number of hydrogen-bond acceptors (Lipinski definition) is 4. The summed E-state index contributed by atoms with van der Waals surface area (Å²) in [5, 5.41) is 0. The third-order valence-electron chi connectivity index (χ3n) is 4.38. The Balaban J connectivity index is 1.49. The molecule has 1 spiro atoms. The molecule has 0 radical (unpaired) electrons. The molecule has 2 fully saturated rings. The normalized spacial score (nSPS) is 20.2. The third-order valence-corrected chi connectivity index (χ3v) is 4.38. The van der Waals surface area contributed by atoms with Crippen LogP contribution in [0.1, 0.15) is 44.0 Å². The predicted octanol–water partition coefficient (Wildman–Crippen LogP) is 2.91. The van der Waals surface area contributed by atoms with Gasteiger partial charge in [-0.15, -0.1) is 0 Å². The van der Waals surface area contributed by atoms with Gasteiger partial charge >= 0.3 is 6.09 Å². The Kier molecular flexibility index (Phi) is 3.46. The third kappa shape index (κ3) is 2.85. The maximum atomic E-state index is 12.3. The van der Waals surface area contributed by atoms with Crippen molar-refractivity contribution in [3.05, 3.63) is 30.1 Å². The Morgan fingerprint density at radius 2 is 2.00 bits per heavy atom. The second-order valence-corrected chi connectivity index (χ2v) is 7.55. The van der Waals surface area contributed by atoms with Gasteiger partial charge in [0.15, 0.2) is 5.78 Å². The fourth-order valence-electron chi connectivity index (χ4n) is 3.39. The summed E-state index contributed by atoms with van der Waals surface area (Å²) in [5.74, 6) is 0.249. The molecule has 1 amide bonds. The summed E-state index contributed by atoms with van der Waals surface area (Å²) in [5.41, 5.74) is 0.364. The first-order valence-corrected chi connectivity index (χ1v) is 7.70. The van der Waals surface area contributed by atoms with Crippen LogP contribution < -0.4 is 0 Å². The first-order chi connectivity index (χ1) is 10.3. The van der Waals surface area contributed by atoms with Crippen LogP contribution in [-0.4, -0.2) is 40.5 Å². The number of ketones is 1. The predicted molar refractivity (Wildman–Crippen MR) is 81.5 cm³/mol. The van der Waals surface area contributed by atoms with Crippen LogP contribution in [0.2, 0.25) is 0 Å². The van der Waals surface area contributed by atoms with E-state index in [1.807, 2.05) is 26.8 Å². The quantitative estimate of drug-likeness (QED) is 0.788. The molecule has 1 aliphatic carbocycles. The number of likely N-dealkylation sites (tertiary alicyclic amines) is 1. The lowest BCUT2D eigenvalue weighted by molar-refractivity contribution is -0.0865. The van der Waals surface area contributed by atoms with Crippen LogP contribution in [0.15, 0.2) is 24.5 Å². The summed E-state index contributed by atoms with van der Waals surface area (Å²) in [6, 6.07) is 3.60. The van der Waals surface area contributed by atoms with Gasteiger partial charge in [0.2, 0.25) is 0 Å². The summed E-state index contributed by atoms with van der Waals surface area (Å²) in [6.45, 7) is 7.02. The molecule has 2 heterocycles. The standard InChI is InChI=1S/C17H22N2O3/c1-16(2,3)22-15(21)19-10-17(11-19)7-13(8-17)14(20)12-5-4-6-18-9-12/h4-6,9,13H,7-8,10-11H2,1-3H3. The second-order valence-electron chi connectivity index (χ2n) is 7.55. The van der Waals surface area contributed by atoms with Crippen LogP contribution in [0, 0.1) is 11.3 Å². The molecular formula is C17H22N2O3. The number of rotatable bonds is 2. The lowest BCUT2D eigenvalue weighted by Gasteiger charge is -2.58. The Hall–Kier alpha value is -1.91. The maximum Gasteiger partial charge on any atom is 0.410 e. The number of hydrogen-bond donors (Lipinski definition) is 0. The van der Waals surface area contributed by atoms with Crippen molar-refractivity contribution in [3.63, 3.8) is 0 Å². The van der Waals surface area contributed by atoms with E-state index in [-0.39, 0.29) is 23.2 Å². The van der Waals surface area contributed by atoms with Crippen molar-refractivity contribution in [1.82, 2.24) is 9.88 Å². The van der Waals surface area contributed by atoms with Crippen LogP contribution in [-0.2, 0) is 4.74 Å². The first-order valence-electron chi connectivity index (χ1n) is 7.70. The highest BCUT2D eigenvalue weighted by Gasteiger charge is 2.56. The fourth-order valence-corrected chi connectivity index (χ4v) is 3.39. The average Bonchev–Trinajstić information content (AvgIpc) is 2.34. The van der Waals surface area contributed by atoms with Gasteiger partial charge < -0.3 is 9.64 Å². The van der Waals surface area contributed by atoms with Crippen LogP contribution in [0.5, 0.6) is 0 Å². The average molecular weight is 302 g/mol. The molecule has 3 rings (SSSR count). The van der Waals surface area contributed by atoms with Gasteiger partial charge in [0.05, 0.1) is 0 Å². The van der Waals surface area contributed by atoms with Crippen molar-refractivity contribution < 1.29 is 14.3 Å². The molecule has 5 heteroatoms. The van der Waals surface area contributed by atoms with E-state index in [0.29, 0.717) is 18.7 Å². The van der Waals surface area contributed by atoms with Crippen molar-refractivity contribution in [3.8, 4) is 0 Å². The summed E-state index contributed by atoms with van der Waals surface area (Å²) in [6.07, 6.45) is 4.77. The van der Waals surface area contributed by atoms with E-state index in [1.165, 1.54) is 0 Å². The largest absolute Gasteiger partial charge is 0.444 e. The van der Waals surface area contributed by atoms with Crippen LogP contribution in [0.4, 0.5) is 4.79 Å². The second kappa shape index (κ2) is 5.07. The Labute approximate surface area is 130 Å². The topological polar surface area (TPSA) is 59.5 Å². The number of carbonyl (C=O) groups excluding carboxylic acids is 2. The fraction of sp³-hybridized carbons (Fsp3) is 0.588. The molecule has 5 nitrogen and oxygen atoms in total. The minimum atomic E-state index is -0.460. The Bertz CT molecular complexity index is 578. The lowest BCUT2D eigenvalue weighted by Crippen LogP contribution is -2.65. The van der Waals surface area contributed by atoms with Gasteiger partial charge in [0, 0.05) is 42.4 Å². The number of nitrogens with zero attached hydrogens (tertiary/aromatic N) is 2. The van der Waals surface area contributed by atoms with Gasteiger partial charge in [-0.1, -0.05) is 0 Å². The van der Waals surface area contributed by atoms with Gasteiger partial charge in [-0.05, 0) is 45.7 Å². The highest BCUT2D eigenvalue weighted by Crippen LogP contribution is 2.52. The van der Waals surface area contributed by atoms with Gasteiger partial charge in [0.25, 0.3) is 0 Å². The zero-order valence-electron chi connectivity index (χ0n) is 13.3. The van der Waals surface area contributed by atoms with Crippen LogP contribution in [0.3, 0.4) is 0 Å². The molecular weight excluding hydrogens is 280 g/mol. The Morgan fingerprint density at radius 3 is 2.55 bits per heavy atom. The van der Waals surface area contributed by atoms with Gasteiger partial charge in [-0.2, -0.15) is 0 Å². The molecule has 0 aromatic carbocycles. The van der Waals surface area contributed by atoms with E-state index in [4.69, 9.17) is 4.74 Å². The number of aromatic nitrogens is 1. The molecule has 1 saturated heterocycles. The molecule has 118 valence electrons. The van der Waals surface area contributed by atoms with Crippen molar-refractivity contribution in [2.75, 3.05) is 13.1 Å². The zero-order valence-corrected chi connectivity index (χ0v) is 13.3. The molecule has 2 aliphatic rings. The summed E-state index contributed by atoms with van der Waals surface area (Å²) < 4.78 is 5.36. The molecule has 0 bridgehead atoms. The monoisotopic (exact) mass is 302 g/mol. The van der Waals surface area contributed by atoms with E-state index in [1.54, 1.807) is 23.4 Å². The first kappa shape index (κ1) is 15.0. The maximum absolute atomic E-state index is 12.3. The number of carbonyl (C=O) groups is 2. The molecule has 0 unspecified atom stereocenters. The minimum absolute atomic E-state index is 0.0741. The summed E-state index contributed by atoms with van der Waals surface area (Å²) in [4.78, 5) is 30.0. The highest BCUT2D eigenvalue weighted by molar-refractivity contribution is 5.98. The van der Waals surface area contributed by atoms with E-state index in [0.717, 1.165) is 12.8 Å². The lowest BCUT2D eigenvalue weighted by atomic mass is 9.56. The number of pyridine rings is 1. The molecule has 1 aliphatic heterocycles. The van der Waals surface area contributed by atoms with Crippen LogP contribution >= 0.6 is 0 Å². The molecule has 22 heavy (non-hydrogen) atoms. The number of amides is 1. The molecule has 1 aromatic heterocycles. The summed E-state index contributed by atoms with van der Waals surface area (Å²) >= 11 is 0. The van der Waals surface area contributed by atoms with E-state index in [2.05, 4.69) is 4.98 Å². The van der Waals surface area contributed by atoms with Gasteiger partial charge in [0.1, 0.15) is 5.60 Å². The Morgan fingerprint density at radius 1 is 1.32 bits per heavy atom. The van der Waals surface area contributed by atoms with Crippen molar-refractivity contribution in [2.45, 2.75) is 39.2 Å². The van der Waals surface area contributed by atoms with Crippen LogP contribution in [0.25, 0.3) is 0 Å². The minimum Gasteiger partial charge on any atom is -0.444 e. The molecule has 0 N–H and O–H groups in total.